The van der Waals surface area contributed by atoms with Gasteiger partial charge in [0.2, 0.25) is 5.91 Å². The van der Waals surface area contributed by atoms with Crippen LogP contribution in [0, 0.1) is 11.3 Å². The number of benzene rings is 2. The summed E-state index contributed by atoms with van der Waals surface area (Å²) in [5, 5.41) is 21.0. The second-order valence-corrected chi connectivity index (χ2v) is 10.2. The lowest BCUT2D eigenvalue weighted by molar-refractivity contribution is -0.126. The van der Waals surface area contributed by atoms with E-state index in [4.69, 9.17) is 9.47 Å². The third kappa shape index (κ3) is 7.02. The van der Waals surface area contributed by atoms with Gasteiger partial charge in [0.1, 0.15) is 29.1 Å². The summed E-state index contributed by atoms with van der Waals surface area (Å²) in [5.74, 6) is 0.381. The molecule has 2 aromatic carbocycles. The second kappa shape index (κ2) is 11.8. The van der Waals surface area contributed by atoms with Gasteiger partial charge in [-0.3, -0.25) is 9.69 Å². The molecule has 1 aromatic heterocycles. The summed E-state index contributed by atoms with van der Waals surface area (Å²) in [6, 6.07) is 15.8. The zero-order valence-electron chi connectivity index (χ0n) is 22.5. The van der Waals surface area contributed by atoms with Gasteiger partial charge in [0.15, 0.2) is 0 Å². The smallest absolute Gasteiger partial charge is 0.411 e. The Bertz CT molecular complexity index is 1370. The number of carbonyl (C=O) groups excluding carboxylic acids is 2. The average Bonchev–Trinajstić information content (AvgIpc) is 3.42. The highest BCUT2D eigenvalue weighted by Gasteiger charge is 2.34. The van der Waals surface area contributed by atoms with Crippen LogP contribution in [0.3, 0.4) is 0 Å². The maximum atomic E-state index is 13.1. The van der Waals surface area contributed by atoms with Crippen molar-refractivity contribution in [2.75, 3.05) is 13.7 Å². The predicted molar refractivity (Wildman–Crippen MR) is 147 cm³/mol. The van der Waals surface area contributed by atoms with Gasteiger partial charge in [-0.25, -0.2) is 9.48 Å². The van der Waals surface area contributed by atoms with Crippen molar-refractivity contribution in [3.63, 3.8) is 0 Å². The van der Waals surface area contributed by atoms with Gasteiger partial charge >= 0.3 is 6.09 Å². The van der Waals surface area contributed by atoms with Gasteiger partial charge in [0.05, 0.1) is 25.1 Å². The molecule has 4 rings (SSSR count). The molecule has 1 N–H and O–H groups in total. The van der Waals surface area contributed by atoms with Crippen LogP contribution >= 0.6 is 0 Å². The standard InChI is InChI=1S/C29H32N6O4.H2/c1-29(2,3)39-28(37)34-16-6-5-7-26(34)27(36)31-22(18-30)17-20-8-12-23(13-9-20)35-19-25(32-33-35)21-10-14-24(38-4)15-11-21;/h5-6,8-15,19,22,26H,7,16-17H2,1-4H3,(H,31,36);1H/t22-,26-;/m0./s1. The minimum atomic E-state index is -0.761. The summed E-state index contributed by atoms with van der Waals surface area (Å²) < 4.78 is 12.3. The van der Waals surface area contributed by atoms with Crippen LogP contribution in [0.15, 0.2) is 66.9 Å². The molecule has 1 aliphatic rings. The van der Waals surface area contributed by atoms with Gasteiger partial charge in [-0.1, -0.05) is 29.5 Å². The number of methoxy groups -OCH3 is 1. The molecule has 2 heterocycles. The number of rotatable bonds is 7. The maximum absolute atomic E-state index is 13.1. The Kier molecular flexibility index (Phi) is 8.30. The lowest BCUT2D eigenvalue weighted by Gasteiger charge is -2.34. The molecule has 10 nitrogen and oxygen atoms in total. The summed E-state index contributed by atoms with van der Waals surface area (Å²) in [5.41, 5.74) is 2.65. The van der Waals surface area contributed by atoms with Crippen LogP contribution in [0.1, 0.15) is 34.2 Å². The lowest BCUT2D eigenvalue weighted by atomic mass is 10.0. The predicted octanol–water partition coefficient (Wildman–Crippen LogP) is 4.31. The molecular weight excluding hydrogens is 496 g/mol. The molecule has 0 aliphatic carbocycles. The van der Waals surface area contributed by atoms with Crippen molar-refractivity contribution >= 4 is 12.0 Å². The summed E-state index contributed by atoms with van der Waals surface area (Å²) >= 11 is 0. The Balaban J connectivity index is 0.00000441. The van der Waals surface area contributed by atoms with E-state index >= 15 is 0 Å². The largest absolute Gasteiger partial charge is 0.497 e. The molecule has 3 aromatic rings. The van der Waals surface area contributed by atoms with Crippen LogP contribution in [-0.4, -0.2) is 63.2 Å². The van der Waals surface area contributed by atoms with E-state index in [1.54, 1.807) is 32.6 Å². The zero-order valence-corrected chi connectivity index (χ0v) is 22.5. The molecule has 2 amide bonds. The first-order chi connectivity index (χ1) is 18.7. The first kappa shape index (κ1) is 27.4. The Morgan fingerprint density at radius 1 is 1.15 bits per heavy atom. The van der Waals surface area contributed by atoms with Crippen molar-refractivity contribution in [1.82, 2.24) is 25.2 Å². The Morgan fingerprint density at radius 2 is 1.87 bits per heavy atom. The van der Waals surface area contributed by atoms with Gasteiger partial charge < -0.3 is 14.8 Å². The summed E-state index contributed by atoms with van der Waals surface area (Å²) in [6.07, 6.45) is 5.63. The van der Waals surface area contributed by atoms with Gasteiger partial charge in [0.25, 0.3) is 0 Å². The van der Waals surface area contributed by atoms with E-state index in [0.717, 1.165) is 28.3 Å². The summed E-state index contributed by atoms with van der Waals surface area (Å²) in [4.78, 5) is 27.1. The molecule has 0 unspecified atom stereocenters. The number of nitrogens with one attached hydrogen (secondary N) is 1. The fraction of sp³-hybridized carbons (Fsp3) is 0.345. The van der Waals surface area contributed by atoms with Gasteiger partial charge in [-0.2, -0.15) is 5.26 Å². The number of aromatic nitrogens is 3. The van der Waals surface area contributed by atoms with Crippen molar-refractivity contribution in [2.45, 2.75) is 51.3 Å². The number of ether oxygens (including phenoxy) is 2. The number of carbonyl (C=O) groups is 2. The number of amides is 2. The minimum absolute atomic E-state index is 0. The monoisotopic (exact) mass is 530 g/mol. The first-order valence-corrected chi connectivity index (χ1v) is 12.7. The molecule has 0 radical (unpaired) electrons. The van der Waals surface area contributed by atoms with E-state index in [-0.39, 0.29) is 13.9 Å². The summed E-state index contributed by atoms with van der Waals surface area (Å²) in [7, 11) is 1.62. The minimum Gasteiger partial charge on any atom is -0.497 e. The summed E-state index contributed by atoms with van der Waals surface area (Å²) in [6.45, 7) is 5.60. The van der Waals surface area contributed by atoms with Crippen LogP contribution in [-0.2, 0) is 16.0 Å². The molecule has 0 bridgehead atoms. The number of hydrogen-bond acceptors (Lipinski definition) is 7. The second-order valence-electron chi connectivity index (χ2n) is 10.2. The third-order valence-electron chi connectivity index (χ3n) is 6.13. The van der Waals surface area contributed by atoms with Crippen molar-refractivity contribution in [3.05, 3.63) is 72.4 Å². The molecule has 0 spiro atoms. The third-order valence-corrected chi connectivity index (χ3v) is 6.13. The number of nitriles is 1. The molecule has 1 aliphatic heterocycles. The molecular formula is C29H34N6O4. The van der Waals surface area contributed by atoms with E-state index in [9.17, 15) is 14.9 Å². The van der Waals surface area contributed by atoms with E-state index in [0.29, 0.717) is 12.8 Å². The topological polar surface area (TPSA) is 122 Å². The molecule has 10 heteroatoms. The highest BCUT2D eigenvalue weighted by molar-refractivity contribution is 5.86. The van der Waals surface area contributed by atoms with Gasteiger partial charge in [-0.05, 0) is 69.2 Å². The highest BCUT2D eigenvalue weighted by atomic mass is 16.6. The van der Waals surface area contributed by atoms with Crippen molar-refractivity contribution in [3.8, 4) is 28.8 Å². The Hall–Kier alpha value is -4.65. The molecule has 0 saturated heterocycles. The fourth-order valence-electron chi connectivity index (χ4n) is 4.14. The van der Waals surface area contributed by atoms with Crippen molar-refractivity contribution < 1.29 is 20.5 Å². The maximum Gasteiger partial charge on any atom is 0.411 e. The van der Waals surface area contributed by atoms with E-state index in [1.165, 1.54) is 4.90 Å². The first-order valence-electron chi connectivity index (χ1n) is 12.7. The van der Waals surface area contributed by atoms with Crippen LogP contribution in [0.4, 0.5) is 4.79 Å². The molecule has 39 heavy (non-hydrogen) atoms. The van der Waals surface area contributed by atoms with Gasteiger partial charge in [0, 0.05) is 20.0 Å². The van der Waals surface area contributed by atoms with Crippen LogP contribution in [0.25, 0.3) is 16.9 Å². The molecule has 2 atom stereocenters. The van der Waals surface area contributed by atoms with Crippen LogP contribution in [0.5, 0.6) is 5.75 Å². The highest BCUT2D eigenvalue weighted by Crippen LogP contribution is 2.22. The Morgan fingerprint density at radius 3 is 2.51 bits per heavy atom. The molecule has 204 valence electrons. The number of hydrogen-bond donors (Lipinski definition) is 1. The lowest BCUT2D eigenvalue weighted by Crippen LogP contribution is -2.53. The van der Waals surface area contributed by atoms with E-state index < -0.39 is 23.8 Å². The quantitative estimate of drug-likeness (QED) is 0.452. The van der Waals surface area contributed by atoms with Crippen LogP contribution in [0.2, 0.25) is 0 Å². The SMILES string of the molecule is COc1ccc(-c2cn(-c3ccc(C[C@@H](C#N)NC(=O)[C@@H]4CC=CCN4C(=O)OC(C)(C)C)cc3)nn2)cc1.[HH]. The van der Waals surface area contributed by atoms with Crippen molar-refractivity contribution in [2.24, 2.45) is 0 Å². The average molecular weight is 531 g/mol. The van der Waals surface area contributed by atoms with E-state index in [2.05, 4.69) is 21.7 Å². The normalized spacial score (nSPS) is 15.8. The number of nitrogens with zero attached hydrogens (tertiary/aromatic N) is 5. The van der Waals surface area contributed by atoms with Gasteiger partial charge in [-0.15, -0.1) is 5.10 Å². The molecule has 0 saturated carbocycles. The van der Waals surface area contributed by atoms with Crippen molar-refractivity contribution in [1.29, 1.82) is 5.26 Å². The van der Waals surface area contributed by atoms with E-state index in [1.807, 2.05) is 66.9 Å². The molecule has 0 fully saturated rings. The Labute approximate surface area is 229 Å². The zero-order chi connectivity index (χ0) is 28.0. The fourth-order valence-corrected chi connectivity index (χ4v) is 4.14. The van der Waals surface area contributed by atoms with Crippen LogP contribution < -0.4 is 10.1 Å².